The summed E-state index contributed by atoms with van der Waals surface area (Å²) in [6.45, 7) is -3.77. The molecule has 0 saturated carbocycles. The quantitative estimate of drug-likeness (QED) is 0.401. The van der Waals surface area contributed by atoms with Crippen LogP contribution in [-0.4, -0.2) is 55.8 Å². The van der Waals surface area contributed by atoms with Crippen molar-refractivity contribution in [3.63, 3.8) is 0 Å². The molecule has 0 spiro atoms. The van der Waals surface area contributed by atoms with Gasteiger partial charge in [0.2, 0.25) is 0 Å². The van der Waals surface area contributed by atoms with Crippen LogP contribution in [0.3, 0.4) is 0 Å². The summed E-state index contributed by atoms with van der Waals surface area (Å²) in [6.07, 6.45) is -7.25. The first-order chi connectivity index (χ1) is 10.4. The van der Waals surface area contributed by atoms with Gasteiger partial charge in [0.1, 0.15) is 18.8 Å². The largest absolute Gasteiger partial charge is 0.390 e. The van der Waals surface area contributed by atoms with Crippen molar-refractivity contribution in [2.24, 2.45) is 0 Å². The molecule has 10 heteroatoms. The fourth-order valence-corrected chi connectivity index (χ4v) is 1.86. The van der Waals surface area contributed by atoms with E-state index in [1.54, 1.807) is 0 Å². The topological polar surface area (TPSA) is 125 Å². The number of hydrogen-bond acceptors (Lipinski definition) is 7. The maximum Gasteiger partial charge on any atom is 0.263 e. The molecule has 1 aromatic rings. The first kappa shape index (κ1) is 11.2. The van der Waals surface area contributed by atoms with E-state index in [0.717, 1.165) is 0 Å². The van der Waals surface area contributed by atoms with E-state index in [1.807, 2.05) is 4.98 Å². The molecular formula is C10H11FN2O6S. The number of nitrogens with zero attached hydrogens (tertiary/aromatic N) is 1. The molecule has 1 aliphatic rings. The van der Waals surface area contributed by atoms with E-state index in [4.69, 9.17) is 16.3 Å². The second kappa shape index (κ2) is 5.14. The average molecular weight is 309 g/mol. The summed E-state index contributed by atoms with van der Waals surface area (Å²) < 4.78 is 40.7. The molecule has 0 aromatic carbocycles. The summed E-state index contributed by atoms with van der Waals surface area (Å²) in [4.78, 5) is 24.2. The van der Waals surface area contributed by atoms with Gasteiger partial charge in [0.15, 0.2) is 17.3 Å². The van der Waals surface area contributed by atoms with Crippen LogP contribution in [0, 0.1) is 4.77 Å². The Morgan fingerprint density at radius 1 is 1.75 bits per heavy atom. The van der Waals surface area contributed by atoms with Crippen molar-refractivity contribution in [2.45, 2.75) is 24.3 Å². The third-order valence-electron chi connectivity index (χ3n) is 2.67. The Balaban J connectivity index is 2.67. The zero-order valence-electron chi connectivity index (χ0n) is 12.6. The van der Waals surface area contributed by atoms with Gasteiger partial charge < -0.3 is 20.1 Å². The van der Waals surface area contributed by atoms with Crippen LogP contribution in [0.5, 0.6) is 0 Å². The molecule has 1 aliphatic heterocycles. The lowest BCUT2D eigenvalue weighted by Crippen LogP contribution is -2.42. The number of hydrogen-bond donors (Lipinski definition) is 4. The fourth-order valence-electron chi connectivity index (χ4n) is 1.63. The van der Waals surface area contributed by atoms with Crippen molar-refractivity contribution in [1.82, 2.24) is 9.55 Å². The molecule has 1 fully saturated rings. The summed E-state index contributed by atoms with van der Waals surface area (Å²) >= 11 is 4.74. The normalized spacial score (nSPS) is 39.9. The number of carbonyl (C=O) groups excluding carboxylic acids is 1. The van der Waals surface area contributed by atoms with Crippen LogP contribution in [0.4, 0.5) is 4.39 Å². The van der Waals surface area contributed by atoms with Crippen LogP contribution in [0.25, 0.3) is 0 Å². The van der Waals surface area contributed by atoms with Crippen molar-refractivity contribution in [1.29, 1.82) is 0 Å². The third-order valence-corrected chi connectivity index (χ3v) is 2.97. The van der Waals surface area contributed by atoms with Crippen LogP contribution < -0.4 is 5.56 Å². The second-order valence-corrected chi connectivity index (χ2v) is 4.31. The second-order valence-electron chi connectivity index (χ2n) is 3.92. The zero-order chi connectivity index (χ0) is 17.8. The molecule has 0 unspecified atom stereocenters. The summed E-state index contributed by atoms with van der Waals surface area (Å²) in [5.74, 6) is -3.86. The highest BCUT2D eigenvalue weighted by Gasteiger charge is 2.55. The number of nitrogens with one attached hydrogen (secondary N) is 1. The van der Waals surface area contributed by atoms with Crippen molar-refractivity contribution < 1.29 is 33.4 Å². The summed E-state index contributed by atoms with van der Waals surface area (Å²) in [5, 5.41) is 28.7. The zero-order valence-corrected chi connectivity index (χ0v) is 10.4. The van der Waals surface area contributed by atoms with E-state index >= 15 is 0 Å². The van der Waals surface area contributed by atoms with Crippen LogP contribution in [0.1, 0.15) is 20.7 Å². The highest BCUT2D eigenvalue weighted by atomic mass is 32.1. The SMILES string of the molecule is [2H]C([2H])(O)[C@@]1(F)O[C@@]([2H])(n2cc(C=O)c(=O)[nH]c2=S)[C@H](O)[C@@H]1O. The number of alkyl halides is 1. The van der Waals surface area contributed by atoms with E-state index < -0.39 is 46.7 Å². The molecule has 1 aromatic heterocycles. The third kappa shape index (κ3) is 2.21. The maximum atomic E-state index is 14.5. The Kier molecular flexibility index (Phi) is 2.89. The number of aliphatic hydroxyl groups excluding tert-OH is 2. The van der Waals surface area contributed by atoms with Crippen molar-refractivity contribution in [2.75, 3.05) is 6.56 Å². The standard InChI is InChI=1S/C10H11FN2O6S/c11-10(3-15)6(17)5(16)8(19-10)13-1-4(2-14)7(18)12-9(13)20/h1-2,5-6,8,15-17H,3H2,(H,12,18,20)/t5-,6+,8-,10-/m1/s1/i3D2,8D. The van der Waals surface area contributed by atoms with Crippen molar-refractivity contribution in [3.05, 3.63) is 26.9 Å². The van der Waals surface area contributed by atoms with E-state index in [-0.39, 0.29) is 6.29 Å². The molecule has 110 valence electrons. The molecule has 2 heterocycles. The Bertz CT molecular complexity index is 766. The van der Waals surface area contributed by atoms with Gasteiger partial charge in [-0.3, -0.25) is 19.1 Å². The predicted molar refractivity (Wildman–Crippen MR) is 64.3 cm³/mol. The monoisotopic (exact) mass is 309 g/mol. The van der Waals surface area contributed by atoms with Gasteiger partial charge in [0.05, 0.1) is 9.68 Å². The Morgan fingerprint density at radius 2 is 2.40 bits per heavy atom. The Hall–Kier alpha value is -1.46. The number of carbonyl (C=O) groups is 1. The summed E-state index contributed by atoms with van der Waals surface area (Å²) in [5.41, 5.74) is -1.46. The van der Waals surface area contributed by atoms with Gasteiger partial charge in [-0.15, -0.1) is 0 Å². The van der Waals surface area contributed by atoms with E-state index in [0.29, 0.717) is 10.8 Å². The molecule has 4 N–H and O–H groups in total. The summed E-state index contributed by atoms with van der Waals surface area (Å²) in [6, 6.07) is 0. The van der Waals surface area contributed by atoms with Gasteiger partial charge in [-0.05, 0) is 12.2 Å². The lowest BCUT2D eigenvalue weighted by Gasteiger charge is -2.20. The highest BCUT2D eigenvalue weighted by molar-refractivity contribution is 7.71. The minimum atomic E-state index is -3.86. The number of aromatic amines is 1. The number of aromatic nitrogens is 2. The van der Waals surface area contributed by atoms with Gasteiger partial charge in [0, 0.05) is 6.20 Å². The number of rotatable bonds is 3. The molecule has 0 radical (unpaired) electrons. The minimum Gasteiger partial charge on any atom is -0.390 e. The van der Waals surface area contributed by atoms with Crippen LogP contribution >= 0.6 is 12.2 Å². The fraction of sp³-hybridized carbons (Fsp3) is 0.500. The number of ether oxygens (including phenoxy) is 1. The van der Waals surface area contributed by atoms with Gasteiger partial charge in [-0.25, -0.2) is 4.39 Å². The average Bonchev–Trinajstić information content (AvgIpc) is 2.61. The summed E-state index contributed by atoms with van der Waals surface area (Å²) in [7, 11) is 0. The Labute approximate surface area is 120 Å². The molecule has 0 aliphatic carbocycles. The lowest BCUT2D eigenvalue weighted by atomic mass is 10.1. The first-order valence-corrected chi connectivity index (χ1v) is 5.58. The maximum absolute atomic E-state index is 14.5. The van der Waals surface area contributed by atoms with Crippen molar-refractivity contribution in [3.8, 4) is 0 Å². The molecule has 2 rings (SSSR count). The van der Waals surface area contributed by atoms with Crippen molar-refractivity contribution >= 4 is 18.5 Å². The van der Waals surface area contributed by atoms with E-state index in [1.165, 1.54) is 0 Å². The van der Waals surface area contributed by atoms with Gasteiger partial charge >= 0.3 is 0 Å². The van der Waals surface area contributed by atoms with Gasteiger partial charge in [-0.1, -0.05) is 0 Å². The molecule has 20 heavy (non-hydrogen) atoms. The van der Waals surface area contributed by atoms with E-state index in [2.05, 4.69) is 4.74 Å². The predicted octanol–water partition coefficient (Wildman–Crippen LogP) is -1.37. The van der Waals surface area contributed by atoms with Gasteiger partial charge in [-0.2, -0.15) is 0 Å². The molecule has 0 amide bonds. The molecule has 1 saturated heterocycles. The van der Waals surface area contributed by atoms with Gasteiger partial charge in [0.25, 0.3) is 11.4 Å². The number of aldehydes is 1. The molecule has 8 nitrogen and oxygen atoms in total. The highest BCUT2D eigenvalue weighted by Crippen LogP contribution is 2.37. The molecule has 4 atom stereocenters. The smallest absolute Gasteiger partial charge is 0.263 e. The first-order valence-electron chi connectivity index (χ1n) is 6.67. The van der Waals surface area contributed by atoms with Crippen LogP contribution in [0.15, 0.2) is 11.0 Å². The number of H-pyrrole nitrogens is 1. The lowest BCUT2D eigenvalue weighted by molar-refractivity contribution is -0.207. The molecular weight excluding hydrogens is 295 g/mol. The van der Waals surface area contributed by atoms with E-state index in [9.17, 15) is 29.3 Å². The number of halogens is 1. The number of aliphatic hydroxyl groups is 3. The van der Waals surface area contributed by atoms with Crippen LogP contribution in [0.2, 0.25) is 0 Å². The Morgan fingerprint density at radius 3 is 2.90 bits per heavy atom. The van der Waals surface area contributed by atoms with Crippen LogP contribution in [-0.2, 0) is 4.74 Å². The molecule has 0 bridgehead atoms. The minimum absolute atomic E-state index is 0.0965.